The Bertz CT molecular complexity index is 944. The Morgan fingerprint density at radius 2 is 1.87 bits per heavy atom. The molecule has 2 aromatic rings. The lowest BCUT2D eigenvalue weighted by Gasteiger charge is -2.26. The van der Waals surface area contributed by atoms with Crippen molar-refractivity contribution in [2.24, 2.45) is 0 Å². The number of benzene rings is 1. The molecule has 11 nitrogen and oxygen atoms in total. The molecule has 12 heteroatoms. The van der Waals surface area contributed by atoms with Gasteiger partial charge in [-0.2, -0.15) is 5.10 Å². The van der Waals surface area contributed by atoms with E-state index >= 15 is 0 Å². The number of aromatic nitrogens is 2. The third kappa shape index (κ3) is 6.83. The number of rotatable bonds is 9. The SMILES string of the molecule is O=C(CCn1cc([N+](=O)[O-])cn1)Nc1ccc(F)c(NC(=O)CCN2CCOCC2)c1. The highest BCUT2D eigenvalue weighted by molar-refractivity contribution is 5.94. The molecular weight excluding hydrogens is 411 g/mol. The van der Waals surface area contributed by atoms with Gasteiger partial charge in [-0.1, -0.05) is 0 Å². The summed E-state index contributed by atoms with van der Waals surface area (Å²) in [6, 6.07) is 3.89. The number of nitrogens with zero attached hydrogens (tertiary/aromatic N) is 4. The second-order valence-electron chi connectivity index (χ2n) is 6.96. The Hall–Kier alpha value is -3.38. The highest BCUT2D eigenvalue weighted by Crippen LogP contribution is 2.20. The maximum absolute atomic E-state index is 14.1. The largest absolute Gasteiger partial charge is 0.379 e. The number of morpholine rings is 1. The fourth-order valence-electron chi connectivity index (χ4n) is 3.00. The topological polar surface area (TPSA) is 132 Å². The van der Waals surface area contributed by atoms with Gasteiger partial charge in [-0.15, -0.1) is 0 Å². The molecular formula is C19H23FN6O5. The zero-order valence-corrected chi connectivity index (χ0v) is 16.8. The zero-order valence-electron chi connectivity index (χ0n) is 16.8. The first kappa shape index (κ1) is 22.3. The molecule has 3 rings (SSSR count). The molecule has 1 saturated heterocycles. The van der Waals surface area contributed by atoms with Crippen LogP contribution in [0.2, 0.25) is 0 Å². The van der Waals surface area contributed by atoms with Crippen LogP contribution in [-0.2, 0) is 20.9 Å². The summed E-state index contributed by atoms with van der Waals surface area (Å²) in [5.41, 5.74) is 0.141. The number of aryl methyl sites for hydroxylation is 1. The van der Waals surface area contributed by atoms with Crippen molar-refractivity contribution in [1.82, 2.24) is 14.7 Å². The molecule has 2 amide bonds. The lowest BCUT2D eigenvalue weighted by atomic mass is 10.2. The number of carbonyl (C=O) groups is 2. The fourth-order valence-corrected chi connectivity index (χ4v) is 3.00. The van der Waals surface area contributed by atoms with Gasteiger partial charge in [0.2, 0.25) is 11.8 Å². The second-order valence-corrected chi connectivity index (χ2v) is 6.96. The quantitative estimate of drug-likeness (QED) is 0.453. The molecule has 0 unspecified atom stereocenters. The van der Waals surface area contributed by atoms with E-state index < -0.39 is 10.7 Å². The zero-order chi connectivity index (χ0) is 22.2. The van der Waals surface area contributed by atoms with Crippen LogP contribution in [0.3, 0.4) is 0 Å². The van der Waals surface area contributed by atoms with Crippen LogP contribution in [0.4, 0.5) is 21.5 Å². The summed E-state index contributed by atoms with van der Waals surface area (Å²) in [5.74, 6) is -1.31. The standard InChI is InChI=1S/C19H23FN6O5/c20-16-2-1-14(22-18(27)4-6-25-13-15(12-21-25)26(29)30)11-17(16)23-19(28)3-5-24-7-9-31-10-8-24/h1-2,11-13H,3-10H2,(H,22,27)(H,23,28). The molecule has 0 aliphatic carbocycles. The third-order valence-electron chi connectivity index (χ3n) is 4.68. The third-order valence-corrected chi connectivity index (χ3v) is 4.68. The van der Waals surface area contributed by atoms with E-state index in [4.69, 9.17) is 4.74 Å². The molecule has 2 N–H and O–H groups in total. The van der Waals surface area contributed by atoms with Crippen molar-refractivity contribution in [2.45, 2.75) is 19.4 Å². The first-order valence-electron chi connectivity index (χ1n) is 9.77. The number of nitro groups is 1. The Balaban J connectivity index is 1.49. The number of carbonyl (C=O) groups excluding carboxylic acids is 2. The van der Waals surface area contributed by atoms with Crippen LogP contribution in [0, 0.1) is 15.9 Å². The van der Waals surface area contributed by atoms with E-state index in [1.165, 1.54) is 23.0 Å². The van der Waals surface area contributed by atoms with E-state index in [9.17, 15) is 24.1 Å². The predicted octanol–water partition coefficient (Wildman–Crippen LogP) is 1.62. The number of anilines is 2. The van der Waals surface area contributed by atoms with Gasteiger partial charge in [-0.3, -0.25) is 29.3 Å². The molecule has 0 saturated carbocycles. The molecule has 0 bridgehead atoms. The Kier molecular flexibility index (Phi) is 7.62. The maximum atomic E-state index is 14.1. The minimum absolute atomic E-state index is 0.0114. The van der Waals surface area contributed by atoms with E-state index in [-0.39, 0.29) is 42.6 Å². The Morgan fingerprint density at radius 3 is 2.58 bits per heavy atom. The molecule has 0 atom stereocenters. The summed E-state index contributed by atoms with van der Waals surface area (Å²) < 4.78 is 20.6. The number of amides is 2. The maximum Gasteiger partial charge on any atom is 0.306 e. The van der Waals surface area contributed by atoms with E-state index in [0.717, 1.165) is 25.4 Å². The molecule has 0 spiro atoms. The monoisotopic (exact) mass is 434 g/mol. The Morgan fingerprint density at radius 1 is 1.16 bits per heavy atom. The van der Waals surface area contributed by atoms with Crippen LogP contribution in [0.5, 0.6) is 0 Å². The number of nitrogens with one attached hydrogen (secondary N) is 2. The van der Waals surface area contributed by atoms with E-state index in [2.05, 4.69) is 20.6 Å². The van der Waals surface area contributed by atoms with Gasteiger partial charge in [0.05, 0.1) is 23.8 Å². The fraction of sp³-hybridized carbons (Fsp3) is 0.421. The van der Waals surface area contributed by atoms with E-state index in [1.54, 1.807) is 0 Å². The molecule has 166 valence electrons. The molecule has 1 aliphatic heterocycles. The van der Waals surface area contributed by atoms with Gasteiger partial charge in [0, 0.05) is 44.7 Å². The van der Waals surface area contributed by atoms with Gasteiger partial charge in [-0.25, -0.2) is 4.39 Å². The van der Waals surface area contributed by atoms with Gasteiger partial charge in [0.25, 0.3) is 0 Å². The molecule has 0 radical (unpaired) electrons. The van der Waals surface area contributed by atoms with Gasteiger partial charge < -0.3 is 15.4 Å². The van der Waals surface area contributed by atoms with Crippen LogP contribution in [0.1, 0.15) is 12.8 Å². The van der Waals surface area contributed by atoms with Crippen molar-refractivity contribution in [1.29, 1.82) is 0 Å². The van der Waals surface area contributed by atoms with E-state index in [0.29, 0.717) is 25.4 Å². The summed E-state index contributed by atoms with van der Waals surface area (Å²) in [6.45, 7) is 3.49. The van der Waals surface area contributed by atoms with Crippen LogP contribution < -0.4 is 10.6 Å². The number of halogens is 1. The highest BCUT2D eigenvalue weighted by atomic mass is 19.1. The Labute approximate surface area is 177 Å². The van der Waals surface area contributed by atoms with Crippen molar-refractivity contribution < 1.29 is 23.6 Å². The normalized spacial score (nSPS) is 14.2. The minimum atomic E-state index is -0.610. The first-order valence-corrected chi connectivity index (χ1v) is 9.77. The van der Waals surface area contributed by atoms with E-state index in [1.807, 2.05) is 0 Å². The van der Waals surface area contributed by atoms with Gasteiger partial charge in [-0.05, 0) is 18.2 Å². The molecule has 2 heterocycles. The van der Waals surface area contributed by atoms with Gasteiger partial charge >= 0.3 is 5.69 Å². The molecule has 1 fully saturated rings. The average molecular weight is 434 g/mol. The van der Waals surface area contributed by atoms with Crippen molar-refractivity contribution in [3.8, 4) is 0 Å². The second kappa shape index (κ2) is 10.6. The first-order chi connectivity index (χ1) is 14.9. The van der Waals surface area contributed by atoms with Crippen LogP contribution in [0.15, 0.2) is 30.6 Å². The van der Waals surface area contributed by atoms with Crippen molar-refractivity contribution in [3.05, 3.63) is 46.5 Å². The number of ether oxygens (including phenoxy) is 1. The lowest BCUT2D eigenvalue weighted by Crippen LogP contribution is -2.38. The van der Waals surface area contributed by atoms with Crippen LogP contribution >= 0.6 is 0 Å². The summed E-state index contributed by atoms with van der Waals surface area (Å²) in [7, 11) is 0. The molecule has 1 aliphatic rings. The van der Waals surface area contributed by atoms with Gasteiger partial charge in [0.1, 0.15) is 18.2 Å². The summed E-state index contributed by atoms with van der Waals surface area (Å²) in [5, 5.41) is 19.6. The molecule has 1 aromatic carbocycles. The summed E-state index contributed by atoms with van der Waals surface area (Å²) in [4.78, 5) is 36.5. The minimum Gasteiger partial charge on any atom is -0.379 e. The predicted molar refractivity (Wildman–Crippen MR) is 109 cm³/mol. The summed E-state index contributed by atoms with van der Waals surface area (Å²) in [6.07, 6.45) is 2.56. The molecule has 1 aromatic heterocycles. The number of hydrogen-bond donors (Lipinski definition) is 2. The van der Waals surface area contributed by atoms with Crippen molar-refractivity contribution in [3.63, 3.8) is 0 Å². The summed E-state index contributed by atoms with van der Waals surface area (Å²) >= 11 is 0. The average Bonchev–Trinajstić information content (AvgIpc) is 3.23. The van der Waals surface area contributed by atoms with Crippen molar-refractivity contribution >= 4 is 28.9 Å². The lowest BCUT2D eigenvalue weighted by molar-refractivity contribution is -0.385. The number of hydrogen-bond acceptors (Lipinski definition) is 7. The molecule has 31 heavy (non-hydrogen) atoms. The smallest absolute Gasteiger partial charge is 0.306 e. The highest BCUT2D eigenvalue weighted by Gasteiger charge is 2.14. The van der Waals surface area contributed by atoms with Crippen molar-refractivity contribution in [2.75, 3.05) is 43.5 Å². The van der Waals surface area contributed by atoms with Gasteiger partial charge in [0.15, 0.2) is 0 Å². The van der Waals surface area contributed by atoms with Crippen LogP contribution in [-0.4, -0.2) is 64.3 Å². The van der Waals surface area contributed by atoms with Crippen LogP contribution in [0.25, 0.3) is 0 Å².